The Labute approximate surface area is 145 Å². The maximum atomic E-state index is 6.10. The van der Waals surface area contributed by atoms with Gasteiger partial charge in [-0.05, 0) is 31.0 Å². The third-order valence-electron chi connectivity index (χ3n) is 4.46. The zero-order valence-corrected chi connectivity index (χ0v) is 14.9. The Balaban J connectivity index is 1.23. The van der Waals surface area contributed by atoms with Crippen LogP contribution in [0.4, 0.5) is 0 Å². The van der Waals surface area contributed by atoms with Gasteiger partial charge < -0.3 is 4.74 Å². The van der Waals surface area contributed by atoms with Crippen molar-refractivity contribution in [1.82, 2.24) is 14.9 Å². The number of nitrogens with zero attached hydrogens (tertiary/aromatic N) is 3. The highest BCUT2D eigenvalue weighted by molar-refractivity contribution is 8.01. The van der Waals surface area contributed by atoms with E-state index in [1.807, 2.05) is 24.5 Å². The number of thiazole rings is 1. The van der Waals surface area contributed by atoms with E-state index in [0.29, 0.717) is 17.5 Å². The Morgan fingerprint density at radius 2 is 2.17 bits per heavy atom. The topological polar surface area (TPSA) is 38.2 Å². The number of aryl methyl sites for hydroxylation is 1. The molecule has 0 bridgehead atoms. The molecule has 23 heavy (non-hydrogen) atoms. The molecule has 0 unspecified atom stereocenters. The van der Waals surface area contributed by atoms with Crippen LogP contribution in [0.25, 0.3) is 0 Å². The molecule has 0 N–H and O–H groups in total. The maximum absolute atomic E-state index is 6.10. The second kappa shape index (κ2) is 6.51. The Morgan fingerprint density at radius 3 is 2.91 bits per heavy atom. The molecule has 1 spiro atoms. The van der Waals surface area contributed by atoms with E-state index in [9.17, 15) is 0 Å². The molecular weight excluding hydrogens is 326 g/mol. The first-order chi connectivity index (χ1) is 11.2. The summed E-state index contributed by atoms with van der Waals surface area (Å²) in [5.74, 6) is 1.12. The summed E-state index contributed by atoms with van der Waals surface area (Å²) in [5.41, 5.74) is 2.35. The van der Waals surface area contributed by atoms with Crippen molar-refractivity contribution in [1.29, 1.82) is 0 Å². The number of thioether (sulfide) groups is 1. The van der Waals surface area contributed by atoms with Crippen LogP contribution in [0.15, 0.2) is 29.9 Å². The fourth-order valence-corrected chi connectivity index (χ4v) is 5.79. The zero-order chi connectivity index (χ0) is 15.7. The van der Waals surface area contributed by atoms with Crippen LogP contribution in [0.5, 0.6) is 0 Å². The maximum Gasteiger partial charge on any atom is 0.107 e. The van der Waals surface area contributed by atoms with Crippen LogP contribution in [-0.4, -0.2) is 44.6 Å². The highest BCUT2D eigenvalue weighted by atomic mass is 32.2. The van der Waals surface area contributed by atoms with Crippen LogP contribution in [0, 0.1) is 6.92 Å². The smallest absolute Gasteiger partial charge is 0.107 e. The van der Waals surface area contributed by atoms with Crippen LogP contribution < -0.4 is 0 Å². The van der Waals surface area contributed by atoms with E-state index in [2.05, 4.69) is 38.9 Å². The highest BCUT2D eigenvalue weighted by Gasteiger charge is 2.49. The summed E-state index contributed by atoms with van der Waals surface area (Å²) in [4.78, 5) is 11.1. The molecule has 0 amide bonds. The molecule has 2 fully saturated rings. The molecule has 0 radical (unpaired) electrons. The van der Waals surface area contributed by atoms with Gasteiger partial charge in [-0.2, -0.15) is 0 Å². The van der Waals surface area contributed by atoms with Gasteiger partial charge in [0, 0.05) is 47.1 Å². The standard InChI is InChI=1S/C17H21N3OS2/c1-13-9-22-16(19-13)7-20-11-17(12-20)6-15(10-23-17)21-8-14-2-4-18-5-3-14/h2-5,9,15H,6-8,10-12H2,1H3/t15-/m0/s1. The minimum absolute atomic E-state index is 0.387. The molecule has 0 aliphatic carbocycles. The molecule has 4 heterocycles. The molecule has 2 aliphatic heterocycles. The van der Waals surface area contributed by atoms with E-state index in [4.69, 9.17) is 4.74 Å². The van der Waals surface area contributed by atoms with E-state index >= 15 is 0 Å². The number of hydrogen-bond donors (Lipinski definition) is 0. The van der Waals surface area contributed by atoms with Gasteiger partial charge in [0.25, 0.3) is 0 Å². The molecule has 6 heteroatoms. The summed E-state index contributed by atoms with van der Waals surface area (Å²) in [6.45, 7) is 6.11. The molecule has 2 aromatic heterocycles. The predicted octanol–water partition coefficient (Wildman–Crippen LogP) is 3.12. The van der Waals surface area contributed by atoms with Gasteiger partial charge in [-0.3, -0.25) is 9.88 Å². The van der Waals surface area contributed by atoms with Gasteiger partial charge in [-0.15, -0.1) is 23.1 Å². The third-order valence-corrected chi connectivity index (χ3v) is 6.99. The highest BCUT2D eigenvalue weighted by Crippen LogP contribution is 2.46. The number of likely N-dealkylation sites (tertiary alicyclic amines) is 1. The first kappa shape index (κ1) is 15.6. The van der Waals surface area contributed by atoms with E-state index in [0.717, 1.165) is 18.0 Å². The first-order valence-electron chi connectivity index (χ1n) is 7.99. The van der Waals surface area contributed by atoms with Crippen LogP contribution in [-0.2, 0) is 17.9 Å². The van der Waals surface area contributed by atoms with Crippen LogP contribution in [0.2, 0.25) is 0 Å². The minimum atomic E-state index is 0.387. The fraction of sp³-hybridized carbons (Fsp3) is 0.529. The molecule has 2 aliphatic rings. The summed E-state index contributed by atoms with van der Waals surface area (Å²) in [6.07, 6.45) is 5.22. The lowest BCUT2D eigenvalue weighted by Crippen LogP contribution is -2.58. The Bertz CT molecular complexity index is 655. The molecule has 0 saturated carbocycles. The second-order valence-corrected chi connectivity index (χ2v) is 8.95. The van der Waals surface area contributed by atoms with Crippen molar-refractivity contribution >= 4 is 23.1 Å². The summed E-state index contributed by atoms with van der Waals surface area (Å²) in [5, 5.41) is 3.38. The summed E-state index contributed by atoms with van der Waals surface area (Å²) < 4.78 is 6.53. The molecule has 2 saturated heterocycles. The van der Waals surface area contributed by atoms with Crippen LogP contribution >= 0.6 is 23.1 Å². The Kier molecular flexibility index (Phi) is 4.41. The van der Waals surface area contributed by atoms with Gasteiger partial charge in [0.1, 0.15) is 5.01 Å². The fourth-order valence-electron chi connectivity index (χ4n) is 3.37. The zero-order valence-electron chi connectivity index (χ0n) is 13.3. The predicted molar refractivity (Wildman–Crippen MR) is 94.7 cm³/mol. The van der Waals surface area contributed by atoms with Crippen molar-refractivity contribution in [2.45, 2.75) is 37.3 Å². The molecule has 4 nitrogen and oxygen atoms in total. The van der Waals surface area contributed by atoms with E-state index < -0.39 is 0 Å². The average Bonchev–Trinajstić information content (AvgIpc) is 3.13. The molecule has 0 aromatic carbocycles. The lowest BCUT2D eigenvalue weighted by Gasteiger charge is -2.47. The summed E-state index contributed by atoms with van der Waals surface area (Å²) >= 11 is 3.87. The van der Waals surface area contributed by atoms with E-state index in [1.165, 1.54) is 30.1 Å². The summed E-state index contributed by atoms with van der Waals surface area (Å²) in [6, 6.07) is 4.05. The van der Waals surface area contributed by atoms with Gasteiger partial charge >= 0.3 is 0 Å². The van der Waals surface area contributed by atoms with Gasteiger partial charge in [0.2, 0.25) is 0 Å². The monoisotopic (exact) mass is 347 g/mol. The van der Waals surface area contributed by atoms with E-state index in [1.54, 1.807) is 11.3 Å². The van der Waals surface area contributed by atoms with Gasteiger partial charge in [-0.1, -0.05) is 0 Å². The van der Waals surface area contributed by atoms with Crippen molar-refractivity contribution in [3.8, 4) is 0 Å². The number of pyridine rings is 1. The largest absolute Gasteiger partial charge is 0.373 e. The van der Waals surface area contributed by atoms with Crippen molar-refractivity contribution in [2.24, 2.45) is 0 Å². The normalized spacial score (nSPS) is 23.3. The van der Waals surface area contributed by atoms with Gasteiger partial charge in [-0.25, -0.2) is 4.98 Å². The van der Waals surface area contributed by atoms with E-state index in [-0.39, 0.29) is 0 Å². The average molecular weight is 348 g/mol. The Morgan fingerprint density at radius 1 is 1.35 bits per heavy atom. The second-order valence-electron chi connectivity index (χ2n) is 6.51. The minimum Gasteiger partial charge on any atom is -0.373 e. The summed E-state index contributed by atoms with van der Waals surface area (Å²) in [7, 11) is 0. The molecule has 2 aromatic rings. The van der Waals surface area contributed by atoms with Crippen molar-refractivity contribution in [3.05, 3.63) is 46.2 Å². The first-order valence-corrected chi connectivity index (χ1v) is 9.85. The van der Waals surface area contributed by atoms with Crippen molar-refractivity contribution in [2.75, 3.05) is 18.8 Å². The van der Waals surface area contributed by atoms with Crippen LogP contribution in [0.3, 0.4) is 0 Å². The lowest BCUT2D eigenvalue weighted by molar-refractivity contribution is 0.0264. The number of hydrogen-bond acceptors (Lipinski definition) is 6. The molecule has 4 rings (SSSR count). The molecule has 122 valence electrons. The Hall–Kier alpha value is -0.950. The number of ether oxygens (including phenoxy) is 1. The molecular formula is C17H21N3OS2. The van der Waals surface area contributed by atoms with Gasteiger partial charge in [0.15, 0.2) is 0 Å². The number of aromatic nitrogens is 2. The van der Waals surface area contributed by atoms with Crippen molar-refractivity contribution < 1.29 is 4.74 Å². The lowest BCUT2D eigenvalue weighted by atomic mass is 9.93. The van der Waals surface area contributed by atoms with Crippen molar-refractivity contribution in [3.63, 3.8) is 0 Å². The molecule has 1 atom stereocenters. The van der Waals surface area contributed by atoms with Crippen LogP contribution in [0.1, 0.15) is 22.7 Å². The SMILES string of the molecule is Cc1csc(CN2CC3(C[C@H](OCc4ccncc4)CS3)C2)n1. The number of rotatable bonds is 5. The third kappa shape index (κ3) is 3.60. The quantitative estimate of drug-likeness (QED) is 0.831. The van der Waals surface area contributed by atoms with Gasteiger partial charge in [0.05, 0.1) is 19.3 Å².